The number of hydrogen-bond donors (Lipinski definition) is 1. The molecule has 1 aromatic heterocycles. The summed E-state index contributed by atoms with van der Waals surface area (Å²) < 4.78 is 4.68. The van der Waals surface area contributed by atoms with Gasteiger partial charge in [-0.25, -0.2) is 4.79 Å². The van der Waals surface area contributed by atoms with E-state index in [2.05, 4.69) is 9.59 Å². The fourth-order valence-corrected chi connectivity index (χ4v) is 1.83. The van der Waals surface area contributed by atoms with Crippen LogP contribution in [-0.4, -0.2) is 20.7 Å². The molecule has 0 saturated carbocycles. The van der Waals surface area contributed by atoms with E-state index in [0.29, 0.717) is 16.6 Å². The van der Waals surface area contributed by atoms with Gasteiger partial charge in [0.1, 0.15) is 5.52 Å². The number of carbonyl (C=O) groups is 1. The first-order chi connectivity index (χ1) is 6.20. The Bertz CT molecular complexity index is 478. The monoisotopic (exact) mass is 194 g/mol. The molecular weight excluding hydrogens is 188 g/mol. The fourth-order valence-electron chi connectivity index (χ4n) is 1.21. The van der Waals surface area contributed by atoms with Crippen molar-refractivity contribution in [3.05, 3.63) is 23.3 Å². The third kappa shape index (κ3) is 1.17. The predicted octanol–water partition coefficient (Wildman–Crippen LogP) is 1.70. The maximum absolute atomic E-state index is 10.7. The molecule has 5 heteroatoms. The minimum atomic E-state index is -0.924. The lowest BCUT2D eigenvalue weighted by Gasteiger charge is -1.98. The second-order valence-corrected chi connectivity index (χ2v) is 3.45. The van der Waals surface area contributed by atoms with Gasteiger partial charge in [-0.15, -0.1) is 5.10 Å². The summed E-state index contributed by atoms with van der Waals surface area (Å²) in [7, 11) is 0. The molecule has 1 N–H and O–H groups in total. The van der Waals surface area contributed by atoms with Gasteiger partial charge < -0.3 is 5.11 Å². The lowest BCUT2D eigenvalue weighted by Crippen LogP contribution is -1.99. The molecule has 4 nitrogen and oxygen atoms in total. The van der Waals surface area contributed by atoms with Gasteiger partial charge in [-0.3, -0.25) is 0 Å². The highest BCUT2D eigenvalue weighted by molar-refractivity contribution is 7.12. The molecule has 66 valence electrons. The molecule has 0 bridgehead atoms. The van der Waals surface area contributed by atoms with Crippen molar-refractivity contribution in [2.24, 2.45) is 0 Å². The molecular formula is C8H6N2O2S. The lowest BCUT2D eigenvalue weighted by atomic mass is 10.1. The third-order valence-electron chi connectivity index (χ3n) is 1.90. The van der Waals surface area contributed by atoms with E-state index < -0.39 is 5.97 Å². The van der Waals surface area contributed by atoms with Gasteiger partial charge in [0.15, 0.2) is 0 Å². The zero-order valence-corrected chi connectivity index (χ0v) is 7.63. The summed E-state index contributed by atoms with van der Waals surface area (Å²) in [6.45, 7) is 1.74. The number of hydrogen-bond acceptors (Lipinski definition) is 4. The van der Waals surface area contributed by atoms with Crippen LogP contribution in [0, 0.1) is 6.92 Å². The molecule has 0 fully saturated rings. The number of fused-ring (bicyclic) bond motifs is 1. The van der Waals surface area contributed by atoms with Crippen LogP contribution in [0.25, 0.3) is 10.2 Å². The molecule has 0 spiro atoms. The Labute approximate surface area is 78.0 Å². The molecule has 0 atom stereocenters. The van der Waals surface area contributed by atoms with Crippen LogP contribution in [0.4, 0.5) is 0 Å². The Balaban J connectivity index is 2.80. The Morgan fingerprint density at radius 2 is 2.31 bits per heavy atom. The van der Waals surface area contributed by atoms with Gasteiger partial charge >= 0.3 is 5.97 Å². The second-order valence-electron chi connectivity index (χ2n) is 2.66. The number of carboxylic acid groups (broad SMARTS) is 1. The Morgan fingerprint density at radius 1 is 1.54 bits per heavy atom. The summed E-state index contributed by atoms with van der Waals surface area (Å²) in [6, 6.07) is 3.32. The molecule has 0 aliphatic carbocycles. The number of aromatic carboxylic acids is 1. The molecule has 1 heterocycles. The Morgan fingerprint density at radius 3 is 3.00 bits per heavy atom. The van der Waals surface area contributed by atoms with E-state index in [0.717, 1.165) is 4.70 Å². The summed E-state index contributed by atoms with van der Waals surface area (Å²) in [5.74, 6) is -0.924. The lowest BCUT2D eigenvalue weighted by molar-refractivity contribution is 0.0696. The average Bonchev–Trinajstić information content (AvgIpc) is 2.52. The summed E-state index contributed by atoms with van der Waals surface area (Å²) in [5, 5.41) is 12.7. The smallest absolute Gasteiger partial charge is 0.336 e. The zero-order valence-electron chi connectivity index (χ0n) is 6.81. The van der Waals surface area contributed by atoms with Crippen LogP contribution < -0.4 is 0 Å². The fraction of sp³-hybridized carbons (Fsp3) is 0.125. The summed E-state index contributed by atoms with van der Waals surface area (Å²) >= 11 is 1.27. The van der Waals surface area contributed by atoms with Crippen LogP contribution in [0.2, 0.25) is 0 Å². The van der Waals surface area contributed by atoms with Gasteiger partial charge in [0.05, 0.1) is 10.3 Å². The molecule has 0 unspecified atom stereocenters. The quantitative estimate of drug-likeness (QED) is 0.750. The first kappa shape index (κ1) is 8.12. The molecule has 13 heavy (non-hydrogen) atoms. The van der Waals surface area contributed by atoms with E-state index in [9.17, 15) is 4.79 Å². The minimum Gasteiger partial charge on any atom is -0.478 e. The number of nitrogens with zero attached hydrogens (tertiary/aromatic N) is 2. The molecule has 0 amide bonds. The van der Waals surface area contributed by atoms with Crippen molar-refractivity contribution in [2.75, 3.05) is 0 Å². The van der Waals surface area contributed by atoms with Gasteiger partial charge in [0.2, 0.25) is 0 Å². The van der Waals surface area contributed by atoms with Crippen LogP contribution in [0.5, 0.6) is 0 Å². The molecule has 0 aliphatic rings. The number of benzene rings is 1. The standard InChI is InChI=1S/C8H6N2O2S/c1-4-5(8(11)12)2-3-6-7(4)9-10-13-6/h2-3H,1H3,(H,11,12). The van der Waals surface area contributed by atoms with Crippen LogP contribution in [0.15, 0.2) is 12.1 Å². The molecule has 0 saturated heterocycles. The normalized spacial score (nSPS) is 10.5. The highest BCUT2D eigenvalue weighted by Crippen LogP contribution is 2.21. The number of rotatable bonds is 1. The van der Waals surface area contributed by atoms with Gasteiger partial charge in [0, 0.05) is 0 Å². The molecule has 0 radical (unpaired) electrons. The predicted molar refractivity (Wildman–Crippen MR) is 49.1 cm³/mol. The molecule has 2 aromatic rings. The van der Waals surface area contributed by atoms with Gasteiger partial charge in [-0.2, -0.15) is 0 Å². The van der Waals surface area contributed by atoms with Crippen LogP contribution in [0.3, 0.4) is 0 Å². The van der Waals surface area contributed by atoms with E-state index in [-0.39, 0.29) is 0 Å². The largest absolute Gasteiger partial charge is 0.478 e. The Hall–Kier alpha value is -1.49. The third-order valence-corrected chi connectivity index (χ3v) is 2.59. The topological polar surface area (TPSA) is 63.1 Å². The van der Waals surface area contributed by atoms with E-state index >= 15 is 0 Å². The number of aryl methyl sites for hydroxylation is 1. The van der Waals surface area contributed by atoms with Gasteiger partial charge in [0.25, 0.3) is 0 Å². The highest BCUT2D eigenvalue weighted by atomic mass is 32.1. The first-order valence-electron chi connectivity index (χ1n) is 3.65. The van der Waals surface area contributed by atoms with Crippen molar-refractivity contribution in [1.82, 2.24) is 9.59 Å². The van der Waals surface area contributed by atoms with Gasteiger partial charge in [-0.1, -0.05) is 4.49 Å². The maximum atomic E-state index is 10.7. The second kappa shape index (κ2) is 2.77. The van der Waals surface area contributed by atoms with Crippen molar-refractivity contribution in [3.63, 3.8) is 0 Å². The van der Waals surface area contributed by atoms with Gasteiger partial charge in [-0.05, 0) is 36.2 Å². The van der Waals surface area contributed by atoms with Crippen molar-refractivity contribution in [2.45, 2.75) is 6.92 Å². The van der Waals surface area contributed by atoms with Crippen LogP contribution in [0.1, 0.15) is 15.9 Å². The molecule has 2 rings (SSSR count). The van der Waals surface area contributed by atoms with Crippen molar-refractivity contribution in [3.8, 4) is 0 Å². The van der Waals surface area contributed by atoms with Crippen molar-refractivity contribution in [1.29, 1.82) is 0 Å². The number of carboxylic acids is 1. The number of aromatic nitrogens is 2. The minimum absolute atomic E-state index is 0.292. The first-order valence-corrected chi connectivity index (χ1v) is 4.42. The average molecular weight is 194 g/mol. The van der Waals surface area contributed by atoms with E-state index in [1.165, 1.54) is 11.5 Å². The Kier molecular flexibility index (Phi) is 1.73. The highest BCUT2D eigenvalue weighted by Gasteiger charge is 2.11. The van der Waals surface area contributed by atoms with Crippen molar-refractivity contribution >= 4 is 27.7 Å². The summed E-state index contributed by atoms with van der Waals surface area (Å²) in [4.78, 5) is 10.7. The summed E-state index contributed by atoms with van der Waals surface area (Å²) in [6.07, 6.45) is 0. The zero-order chi connectivity index (χ0) is 9.42. The van der Waals surface area contributed by atoms with Crippen LogP contribution >= 0.6 is 11.5 Å². The SMILES string of the molecule is Cc1c(C(=O)O)ccc2snnc12. The summed E-state index contributed by atoms with van der Waals surface area (Å²) in [5.41, 5.74) is 1.66. The maximum Gasteiger partial charge on any atom is 0.336 e. The van der Waals surface area contributed by atoms with Crippen molar-refractivity contribution < 1.29 is 9.90 Å². The van der Waals surface area contributed by atoms with E-state index in [1.54, 1.807) is 19.1 Å². The van der Waals surface area contributed by atoms with Crippen LogP contribution in [-0.2, 0) is 0 Å². The van der Waals surface area contributed by atoms with E-state index in [1.807, 2.05) is 0 Å². The molecule has 1 aromatic carbocycles. The van der Waals surface area contributed by atoms with E-state index in [4.69, 9.17) is 5.11 Å². The molecule has 0 aliphatic heterocycles.